The van der Waals surface area contributed by atoms with Gasteiger partial charge in [0.15, 0.2) is 11.5 Å². The fourth-order valence-corrected chi connectivity index (χ4v) is 5.47. The van der Waals surface area contributed by atoms with Crippen LogP contribution < -0.4 is 15.8 Å². The van der Waals surface area contributed by atoms with Crippen molar-refractivity contribution in [2.75, 3.05) is 43.4 Å². The molecule has 1 fully saturated rings. The fourth-order valence-electron chi connectivity index (χ4n) is 5.06. The van der Waals surface area contributed by atoms with Crippen molar-refractivity contribution in [3.05, 3.63) is 92.5 Å². The van der Waals surface area contributed by atoms with Gasteiger partial charge in [0.25, 0.3) is 5.56 Å². The first-order valence-electron chi connectivity index (χ1n) is 13.0. The number of hydrogen-bond acceptors (Lipinski definition) is 8. The summed E-state index contributed by atoms with van der Waals surface area (Å²) < 4.78 is 2.79. The molecule has 41 heavy (non-hydrogen) atoms. The van der Waals surface area contributed by atoms with Crippen LogP contribution in [-0.4, -0.2) is 62.4 Å². The van der Waals surface area contributed by atoms with Crippen LogP contribution in [0, 0.1) is 18.3 Å². The molecule has 0 amide bonds. The maximum atomic E-state index is 13.8. The number of rotatable bonds is 5. The second kappa shape index (κ2) is 10.9. The minimum absolute atomic E-state index is 0.214. The molecule has 0 atom stereocenters. The third-order valence-corrected chi connectivity index (χ3v) is 7.64. The number of aryl methyl sites for hydroxylation is 1. The zero-order valence-corrected chi connectivity index (χ0v) is 23.9. The predicted molar refractivity (Wildman–Crippen MR) is 161 cm³/mol. The van der Waals surface area contributed by atoms with Crippen LogP contribution in [0.15, 0.2) is 65.6 Å². The monoisotopic (exact) mass is 585 g/mol. The molecular weight excluding hydrogens is 561 g/mol. The number of pyridine rings is 1. The number of anilines is 3. The van der Waals surface area contributed by atoms with Gasteiger partial charge in [-0.05, 0) is 62.0 Å². The minimum Gasteiger partial charge on any atom is -0.369 e. The second-order valence-corrected chi connectivity index (χ2v) is 10.6. The summed E-state index contributed by atoms with van der Waals surface area (Å²) in [5.41, 5.74) is 3.40. The molecule has 3 aromatic heterocycles. The Balaban J connectivity index is 1.46. The van der Waals surface area contributed by atoms with Gasteiger partial charge in [-0.15, -0.1) is 0 Å². The Kier molecular flexibility index (Phi) is 7.09. The van der Waals surface area contributed by atoms with Gasteiger partial charge < -0.3 is 15.1 Å². The Labute approximate surface area is 246 Å². The number of nitrogens with one attached hydrogen (secondary N) is 1. The average Bonchev–Trinajstić information content (AvgIpc) is 3.24. The largest absolute Gasteiger partial charge is 0.369 e. The number of piperazine rings is 1. The molecule has 0 radical (unpaired) electrons. The summed E-state index contributed by atoms with van der Waals surface area (Å²) in [6.45, 7) is 6.10. The number of nitriles is 1. The van der Waals surface area contributed by atoms with Crippen LogP contribution in [0.2, 0.25) is 10.2 Å². The van der Waals surface area contributed by atoms with Crippen molar-refractivity contribution < 1.29 is 0 Å². The van der Waals surface area contributed by atoms with Crippen molar-refractivity contribution in [1.29, 1.82) is 5.26 Å². The van der Waals surface area contributed by atoms with Gasteiger partial charge in [0.1, 0.15) is 22.3 Å². The summed E-state index contributed by atoms with van der Waals surface area (Å²) in [6.07, 6.45) is 1.46. The summed E-state index contributed by atoms with van der Waals surface area (Å²) in [5, 5.41) is 13.8. The van der Waals surface area contributed by atoms with E-state index in [9.17, 15) is 10.1 Å². The van der Waals surface area contributed by atoms with Crippen LogP contribution in [0.4, 0.5) is 17.3 Å². The van der Waals surface area contributed by atoms with Crippen LogP contribution >= 0.6 is 23.2 Å². The number of hydrogen-bond donors (Lipinski definition) is 1. The molecule has 5 aromatic rings. The number of halogens is 2. The van der Waals surface area contributed by atoms with Crippen LogP contribution in [0.5, 0.6) is 0 Å². The molecule has 0 aliphatic carbocycles. The van der Waals surface area contributed by atoms with Gasteiger partial charge in [0.05, 0.1) is 10.6 Å². The van der Waals surface area contributed by atoms with Gasteiger partial charge in [-0.2, -0.15) is 10.2 Å². The highest BCUT2D eigenvalue weighted by molar-refractivity contribution is 6.32. The molecule has 4 heterocycles. The topological polar surface area (TPSA) is 108 Å². The number of aromatic nitrogens is 5. The molecule has 0 unspecified atom stereocenters. The lowest BCUT2D eigenvalue weighted by Crippen LogP contribution is -2.44. The molecule has 2 aromatic carbocycles. The Morgan fingerprint density at radius 1 is 0.976 bits per heavy atom. The van der Waals surface area contributed by atoms with Crippen molar-refractivity contribution in [3.8, 4) is 17.6 Å². The molecular formula is C29H25Cl2N9O. The van der Waals surface area contributed by atoms with E-state index in [0.717, 1.165) is 37.4 Å². The van der Waals surface area contributed by atoms with E-state index < -0.39 is 5.56 Å². The maximum Gasteiger partial charge on any atom is 0.283 e. The molecule has 206 valence electrons. The summed E-state index contributed by atoms with van der Waals surface area (Å²) in [5.74, 6) is 0.613. The summed E-state index contributed by atoms with van der Waals surface area (Å²) >= 11 is 12.8. The summed E-state index contributed by atoms with van der Waals surface area (Å²) in [6, 6.07) is 18.2. The Morgan fingerprint density at radius 2 is 1.76 bits per heavy atom. The maximum absolute atomic E-state index is 13.8. The van der Waals surface area contributed by atoms with E-state index in [0.29, 0.717) is 5.82 Å². The van der Waals surface area contributed by atoms with Gasteiger partial charge in [-0.25, -0.2) is 19.3 Å². The fraction of sp³-hybridized carbons (Fsp3) is 0.207. The molecule has 10 nitrogen and oxygen atoms in total. The third-order valence-electron chi connectivity index (χ3n) is 7.13. The lowest BCUT2D eigenvalue weighted by atomic mass is 10.1. The second-order valence-electron chi connectivity index (χ2n) is 9.84. The average molecular weight is 586 g/mol. The molecule has 6 rings (SSSR count). The Hall–Kier alpha value is -4.43. The molecule has 1 aliphatic heterocycles. The zero-order valence-electron chi connectivity index (χ0n) is 22.3. The van der Waals surface area contributed by atoms with Gasteiger partial charge in [0.2, 0.25) is 5.95 Å². The molecule has 0 spiro atoms. The van der Waals surface area contributed by atoms with Gasteiger partial charge in [-0.3, -0.25) is 4.79 Å². The number of likely N-dealkylation sites (N-methyl/N-ethyl adjacent to an activating group) is 1. The van der Waals surface area contributed by atoms with E-state index in [1.54, 1.807) is 36.4 Å². The van der Waals surface area contributed by atoms with E-state index in [2.05, 4.69) is 57.3 Å². The first kappa shape index (κ1) is 26.8. The molecule has 0 saturated carbocycles. The quantitative estimate of drug-likeness (QED) is 0.289. The highest BCUT2D eigenvalue weighted by Gasteiger charge is 2.23. The molecule has 1 saturated heterocycles. The minimum atomic E-state index is -0.453. The Morgan fingerprint density at radius 3 is 2.49 bits per heavy atom. The SMILES string of the molecule is Cc1cc(Nc2ncc3c(=O)n(-c4c(Cl)cccc4C#N)n(-c4cccc(Cl)n4)c3n2)ccc1N1CCN(C)CC1. The molecule has 1 aliphatic rings. The lowest BCUT2D eigenvalue weighted by Gasteiger charge is -2.35. The number of benzene rings is 2. The predicted octanol–water partition coefficient (Wildman–Crippen LogP) is 4.95. The highest BCUT2D eigenvalue weighted by atomic mass is 35.5. The smallest absolute Gasteiger partial charge is 0.283 e. The van der Waals surface area contributed by atoms with E-state index in [1.165, 1.54) is 21.2 Å². The Bertz CT molecular complexity index is 1880. The van der Waals surface area contributed by atoms with E-state index in [1.807, 2.05) is 6.07 Å². The van der Waals surface area contributed by atoms with E-state index in [4.69, 9.17) is 28.2 Å². The van der Waals surface area contributed by atoms with Gasteiger partial charge in [0, 0.05) is 43.8 Å². The normalized spacial score (nSPS) is 13.9. The summed E-state index contributed by atoms with van der Waals surface area (Å²) in [7, 11) is 2.14. The van der Waals surface area contributed by atoms with Crippen LogP contribution in [0.25, 0.3) is 22.5 Å². The zero-order chi connectivity index (χ0) is 28.7. The van der Waals surface area contributed by atoms with Crippen molar-refractivity contribution in [2.45, 2.75) is 6.92 Å². The number of para-hydroxylation sites is 1. The van der Waals surface area contributed by atoms with Gasteiger partial charge in [-0.1, -0.05) is 35.3 Å². The number of nitrogens with zero attached hydrogens (tertiary/aromatic N) is 8. The lowest BCUT2D eigenvalue weighted by molar-refractivity contribution is 0.312. The first-order chi connectivity index (χ1) is 19.8. The van der Waals surface area contributed by atoms with E-state index >= 15 is 0 Å². The highest BCUT2D eigenvalue weighted by Crippen LogP contribution is 2.29. The molecule has 1 N–H and O–H groups in total. The van der Waals surface area contributed by atoms with Crippen LogP contribution in [0.1, 0.15) is 11.1 Å². The standard InChI is InChI=1S/C29H25Cl2N9O/c1-18-15-20(9-10-23(18)38-13-11-37(2)12-14-38)34-29-33-17-21-27(36-29)39(25-8-4-7-24(31)35-25)40(28(21)41)26-19(16-32)5-3-6-22(26)30/h3-10,15,17H,11-14H2,1-2H3,(H,33,34,36). The van der Waals surface area contributed by atoms with Crippen LogP contribution in [-0.2, 0) is 0 Å². The van der Waals surface area contributed by atoms with Crippen molar-refractivity contribution in [2.24, 2.45) is 0 Å². The molecule has 0 bridgehead atoms. The van der Waals surface area contributed by atoms with Crippen molar-refractivity contribution in [3.63, 3.8) is 0 Å². The summed E-state index contributed by atoms with van der Waals surface area (Å²) in [4.78, 5) is 32.0. The van der Waals surface area contributed by atoms with Crippen molar-refractivity contribution in [1.82, 2.24) is 29.2 Å². The van der Waals surface area contributed by atoms with Crippen molar-refractivity contribution >= 4 is 51.6 Å². The van der Waals surface area contributed by atoms with E-state index in [-0.39, 0.29) is 38.4 Å². The number of fused-ring (bicyclic) bond motifs is 1. The molecule has 12 heteroatoms. The third kappa shape index (κ3) is 5.00. The van der Waals surface area contributed by atoms with Gasteiger partial charge >= 0.3 is 0 Å². The van der Waals surface area contributed by atoms with Crippen LogP contribution in [0.3, 0.4) is 0 Å². The first-order valence-corrected chi connectivity index (χ1v) is 13.7.